The Balaban J connectivity index is 1.63. The Bertz CT molecular complexity index is 1390. The SMILES string of the molecule is Nc1ncnc2c1nc(Sc1cc3c(cc1-c1cc[nH]n1)OCO3)n2CCS(N)(=O)=O. The fraction of sp³-hybridized carbons (Fsp3) is 0.176. The molecular weight excluding hydrogens is 444 g/mol. The molecule has 0 amide bonds. The zero-order valence-electron chi connectivity index (χ0n) is 15.8. The normalized spacial score (nSPS) is 13.2. The number of hydrogen-bond acceptors (Lipinski definition) is 10. The van der Waals surface area contributed by atoms with Crippen molar-refractivity contribution in [1.29, 1.82) is 0 Å². The summed E-state index contributed by atoms with van der Waals surface area (Å²) in [5.74, 6) is 1.11. The van der Waals surface area contributed by atoms with Gasteiger partial charge in [0.05, 0.1) is 11.4 Å². The lowest BCUT2D eigenvalue weighted by molar-refractivity contribution is 0.174. The second kappa shape index (κ2) is 7.40. The minimum atomic E-state index is -3.70. The molecule has 14 heteroatoms. The molecule has 0 spiro atoms. The van der Waals surface area contributed by atoms with Crippen LogP contribution in [0.15, 0.2) is 40.8 Å². The lowest BCUT2D eigenvalue weighted by atomic mass is 10.1. The predicted octanol–water partition coefficient (Wildman–Crippen LogP) is 0.967. The summed E-state index contributed by atoms with van der Waals surface area (Å²) in [6, 6.07) is 5.50. The number of aromatic amines is 1. The molecule has 5 rings (SSSR count). The number of sulfonamides is 1. The molecular formula is C17H16N8O4S2. The van der Waals surface area contributed by atoms with Crippen LogP contribution < -0.4 is 20.3 Å². The highest BCUT2D eigenvalue weighted by Gasteiger charge is 2.23. The molecule has 0 bridgehead atoms. The van der Waals surface area contributed by atoms with Gasteiger partial charge in [-0.3, -0.25) is 5.10 Å². The number of aromatic nitrogens is 6. The number of fused-ring (bicyclic) bond motifs is 2. The van der Waals surface area contributed by atoms with Crippen molar-refractivity contribution in [2.45, 2.75) is 16.6 Å². The molecule has 0 saturated heterocycles. The van der Waals surface area contributed by atoms with Crippen molar-refractivity contribution in [3.8, 4) is 22.8 Å². The van der Waals surface area contributed by atoms with Crippen molar-refractivity contribution in [2.75, 3.05) is 18.3 Å². The summed E-state index contributed by atoms with van der Waals surface area (Å²) in [5.41, 5.74) is 8.25. The van der Waals surface area contributed by atoms with Gasteiger partial charge >= 0.3 is 0 Å². The third kappa shape index (κ3) is 3.75. The summed E-state index contributed by atoms with van der Waals surface area (Å²) < 4.78 is 35.8. The summed E-state index contributed by atoms with van der Waals surface area (Å²) in [7, 11) is -3.70. The maximum atomic E-state index is 11.6. The number of benzene rings is 1. The van der Waals surface area contributed by atoms with Crippen LogP contribution in [-0.2, 0) is 16.6 Å². The van der Waals surface area contributed by atoms with Crippen LogP contribution in [0.2, 0.25) is 0 Å². The van der Waals surface area contributed by atoms with Crippen molar-refractivity contribution in [2.24, 2.45) is 5.14 Å². The van der Waals surface area contributed by atoms with E-state index in [9.17, 15) is 8.42 Å². The van der Waals surface area contributed by atoms with E-state index in [1.54, 1.807) is 10.8 Å². The Hall–Kier alpha value is -3.36. The number of anilines is 1. The summed E-state index contributed by atoms with van der Waals surface area (Å²) in [6.07, 6.45) is 3.02. The van der Waals surface area contributed by atoms with Crippen LogP contribution in [0, 0.1) is 0 Å². The highest BCUT2D eigenvalue weighted by molar-refractivity contribution is 7.99. The molecule has 4 heterocycles. The van der Waals surface area contributed by atoms with Crippen molar-refractivity contribution >= 4 is 38.8 Å². The Labute approximate surface area is 180 Å². The fourth-order valence-corrected chi connectivity index (χ4v) is 4.65. The standard InChI is InChI=1S/C17H16N8O4S2/c18-15-14-16(21-7-20-15)25(3-4-31(19,26)27)17(23-14)30-13-6-12-11(28-8-29-12)5-9(13)10-1-2-22-24-10/h1-2,5-7H,3-4,8H2,(H,22,24)(H2,18,20,21)(H2,19,26,27). The molecule has 31 heavy (non-hydrogen) atoms. The van der Waals surface area contributed by atoms with Gasteiger partial charge in [0.25, 0.3) is 0 Å². The number of nitrogens with two attached hydrogens (primary N) is 2. The van der Waals surface area contributed by atoms with Gasteiger partial charge in [-0.05, 0) is 18.2 Å². The first kappa shape index (κ1) is 19.6. The van der Waals surface area contributed by atoms with E-state index in [4.69, 9.17) is 20.3 Å². The van der Waals surface area contributed by atoms with Crippen molar-refractivity contribution in [3.63, 3.8) is 0 Å². The van der Waals surface area contributed by atoms with E-state index in [2.05, 4.69) is 25.1 Å². The van der Waals surface area contributed by atoms with Gasteiger partial charge in [0.2, 0.25) is 16.8 Å². The molecule has 160 valence electrons. The zero-order valence-corrected chi connectivity index (χ0v) is 17.5. The first-order chi connectivity index (χ1) is 14.9. The molecule has 1 aromatic carbocycles. The minimum absolute atomic E-state index is 0.0520. The van der Waals surface area contributed by atoms with Gasteiger partial charge in [0, 0.05) is 23.2 Å². The van der Waals surface area contributed by atoms with E-state index in [1.807, 2.05) is 18.2 Å². The van der Waals surface area contributed by atoms with E-state index in [0.717, 1.165) is 10.5 Å². The van der Waals surface area contributed by atoms with Gasteiger partial charge in [-0.25, -0.2) is 28.5 Å². The monoisotopic (exact) mass is 460 g/mol. The van der Waals surface area contributed by atoms with Crippen LogP contribution >= 0.6 is 11.8 Å². The summed E-state index contributed by atoms with van der Waals surface area (Å²) >= 11 is 1.29. The molecule has 3 aromatic heterocycles. The van der Waals surface area contributed by atoms with Gasteiger partial charge in [-0.1, -0.05) is 11.8 Å². The molecule has 0 fully saturated rings. The number of H-pyrrole nitrogens is 1. The number of nitrogens with zero attached hydrogens (tertiary/aromatic N) is 5. The van der Waals surface area contributed by atoms with Gasteiger partial charge < -0.3 is 19.8 Å². The first-order valence-corrected chi connectivity index (χ1v) is 11.5. The molecule has 1 aliphatic heterocycles. The average Bonchev–Trinajstić information content (AvgIpc) is 3.45. The summed E-state index contributed by atoms with van der Waals surface area (Å²) in [5, 5.41) is 12.7. The molecule has 12 nitrogen and oxygen atoms in total. The molecule has 0 unspecified atom stereocenters. The largest absolute Gasteiger partial charge is 0.454 e. The van der Waals surface area contributed by atoms with Crippen LogP contribution in [0.25, 0.3) is 22.4 Å². The lowest BCUT2D eigenvalue weighted by Gasteiger charge is -2.11. The van der Waals surface area contributed by atoms with Gasteiger partial charge in [-0.2, -0.15) is 5.10 Å². The Morgan fingerprint density at radius 2 is 2.03 bits per heavy atom. The highest BCUT2D eigenvalue weighted by atomic mass is 32.2. The highest BCUT2D eigenvalue weighted by Crippen LogP contribution is 2.44. The Morgan fingerprint density at radius 1 is 1.23 bits per heavy atom. The molecule has 0 atom stereocenters. The molecule has 0 radical (unpaired) electrons. The van der Waals surface area contributed by atoms with E-state index >= 15 is 0 Å². The number of ether oxygens (including phenoxy) is 2. The van der Waals surface area contributed by atoms with Gasteiger partial charge in [0.1, 0.15) is 6.33 Å². The van der Waals surface area contributed by atoms with Crippen molar-refractivity contribution in [3.05, 3.63) is 30.7 Å². The molecule has 5 N–H and O–H groups in total. The maximum Gasteiger partial charge on any atom is 0.231 e. The summed E-state index contributed by atoms with van der Waals surface area (Å²) in [6.45, 7) is 0.179. The van der Waals surface area contributed by atoms with E-state index < -0.39 is 10.0 Å². The number of imidazole rings is 1. The number of aryl methyl sites for hydroxylation is 1. The fourth-order valence-electron chi connectivity index (χ4n) is 3.15. The van der Waals surface area contributed by atoms with Crippen LogP contribution in [0.1, 0.15) is 0 Å². The second-order valence-corrected chi connectivity index (χ2v) is 9.35. The number of rotatable bonds is 6. The number of hydrogen-bond donors (Lipinski definition) is 3. The zero-order chi connectivity index (χ0) is 21.6. The number of nitrogen functional groups attached to an aromatic ring is 1. The van der Waals surface area contributed by atoms with Crippen LogP contribution in [0.3, 0.4) is 0 Å². The van der Waals surface area contributed by atoms with E-state index in [-0.39, 0.29) is 24.9 Å². The molecule has 0 aliphatic carbocycles. The number of primary sulfonamides is 1. The van der Waals surface area contributed by atoms with E-state index in [0.29, 0.717) is 33.5 Å². The van der Waals surface area contributed by atoms with Crippen LogP contribution in [-0.4, -0.2) is 50.7 Å². The first-order valence-electron chi connectivity index (χ1n) is 8.98. The topological polar surface area (TPSA) is 177 Å². The number of nitrogens with one attached hydrogen (secondary N) is 1. The van der Waals surface area contributed by atoms with Gasteiger partial charge in [0.15, 0.2) is 33.6 Å². The molecule has 4 aromatic rings. The second-order valence-electron chi connectivity index (χ2n) is 6.61. The van der Waals surface area contributed by atoms with Crippen molar-refractivity contribution < 1.29 is 17.9 Å². The smallest absolute Gasteiger partial charge is 0.231 e. The van der Waals surface area contributed by atoms with E-state index in [1.165, 1.54) is 18.1 Å². The van der Waals surface area contributed by atoms with Crippen LogP contribution in [0.5, 0.6) is 11.5 Å². The van der Waals surface area contributed by atoms with Gasteiger partial charge in [-0.15, -0.1) is 0 Å². The predicted molar refractivity (Wildman–Crippen MR) is 112 cm³/mol. The molecule has 1 aliphatic rings. The van der Waals surface area contributed by atoms with Crippen molar-refractivity contribution in [1.82, 2.24) is 29.7 Å². The maximum absolute atomic E-state index is 11.6. The molecule has 0 saturated carbocycles. The summed E-state index contributed by atoms with van der Waals surface area (Å²) in [4.78, 5) is 13.5. The van der Waals surface area contributed by atoms with Crippen LogP contribution in [0.4, 0.5) is 5.82 Å². The third-order valence-corrected chi connectivity index (χ3v) is 6.38. The lowest BCUT2D eigenvalue weighted by Crippen LogP contribution is -2.20. The minimum Gasteiger partial charge on any atom is -0.454 e. The average molecular weight is 461 g/mol. The Kier molecular flexibility index (Phi) is 4.68. The quantitative estimate of drug-likeness (QED) is 0.375. The Morgan fingerprint density at radius 3 is 2.77 bits per heavy atom. The third-order valence-electron chi connectivity index (χ3n) is 4.58.